The summed E-state index contributed by atoms with van der Waals surface area (Å²) in [7, 11) is 3.07. The van der Waals surface area contributed by atoms with E-state index in [9.17, 15) is 9.59 Å². The minimum Gasteiger partial charge on any atom is -0.469 e. The molecule has 0 radical (unpaired) electrons. The van der Waals surface area contributed by atoms with Crippen LogP contribution in [-0.2, 0) is 9.53 Å². The molecule has 18 heavy (non-hydrogen) atoms. The molecule has 0 bridgehead atoms. The summed E-state index contributed by atoms with van der Waals surface area (Å²) in [6, 6.07) is 0. The van der Waals surface area contributed by atoms with Crippen LogP contribution in [0.25, 0.3) is 0 Å². The Kier molecular flexibility index (Phi) is 4.88. The van der Waals surface area contributed by atoms with E-state index in [2.05, 4.69) is 14.9 Å². The molecule has 0 saturated heterocycles. The molecule has 0 aliphatic heterocycles. The lowest BCUT2D eigenvalue weighted by Crippen LogP contribution is -2.29. The second-order valence-electron chi connectivity index (χ2n) is 4.22. The predicted molar refractivity (Wildman–Crippen MR) is 66.3 cm³/mol. The first-order valence-corrected chi connectivity index (χ1v) is 5.81. The van der Waals surface area contributed by atoms with Gasteiger partial charge in [0.2, 0.25) is 0 Å². The van der Waals surface area contributed by atoms with Gasteiger partial charge in [-0.2, -0.15) is 5.10 Å². The summed E-state index contributed by atoms with van der Waals surface area (Å²) in [4.78, 5) is 24.7. The van der Waals surface area contributed by atoms with Gasteiger partial charge in [-0.1, -0.05) is 0 Å². The Morgan fingerprint density at radius 3 is 2.56 bits per heavy atom. The van der Waals surface area contributed by atoms with Crippen molar-refractivity contribution in [2.45, 2.75) is 26.7 Å². The van der Waals surface area contributed by atoms with Crippen molar-refractivity contribution in [1.29, 1.82) is 0 Å². The minimum absolute atomic E-state index is 0.0800. The monoisotopic (exact) mass is 253 g/mol. The number of esters is 1. The second kappa shape index (κ2) is 6.18. The average molecular weight is 253 g/mol. The normalized spacial score (nSPS) is 10.2. The minimum atomic E-state index is -0.258. The Balaban J connectivity index is 2.55. The first-order chi connectivity index (χ1) is 8.47. The number of rotatable bonds is 5. The lowest BCUT2D eigenvalue weighted by atomic mass is 10.1. The van der Waals surface area contributed by atoms with Crippen molar-refractivity contribution < 1.29 is 14.3 Å². The molecule has 1 aromatic rings. The second-order valence-corrected chi connectivity index (χ2v) is 4.22. The molecule has 0 spiro atoms. The highest BCUT2D eigenvalue weighted by Gasteiger charge is 2.18. The molecule has 0 atom stereocenters. The zero-order chi connectivity index (χ0) is 13.7. The maximum absolute atomic E-state index is 12.1. The summed E-state index contributed by atoms with van der Waals surface area (Å²) in [6.07, 6.45) is 0.905. The fourth-order valence-corrected chi connectivity index (χ4v) is 1.72. The molecule has 1 amide bonds. The number of carbonyl (C=O) groups is 2. The van der Waals surface area contributed by atoms with E-state index in [1.165, 1.54) is 7.11 Å². The van der Waals surface area contributed by atoms with Crippen LogP contribution < -0.4 is 0 Å². The van der Waals surface area contributed by atoms with E-state index in [4.69, 9.17) is 0 Å². The highest BCUT2D eigenvalue weighted by molar-refractivity contribution is 5.96. The van der Waals surface area contributed by atoms with Crippen LogP contribution in [0.2, 0.25) is 0 Å². The maximum atomic E-state index is 12.1. The van der Waals surface area contributed by atoms with E-state index in [1.807, 2.05) is 6.92 Å². The van der Waals surface area contributed by atoms with Gasteiger partial charge in [0.15, 0.2) is 0 Å². The smallest absolute Gasteiger partial charge is 0.305 e. The Morgan fingerprint density at radius 2 is 2.06 bits per heavy atom. The number of aromatic amines is 1. The van der Waals surface area contributed by atoms with Gasteiger partial charge in [0.05, 0.1) is 18.4 Å². The number of H-pyrrole nitrogens is 1. The predicted octanol–water partition coefficient (Wildman–Crippen LogP) is 1.05. The van der Waals surface area contributed by atoms with Crippen molar-refractivity contribution >= 4 is 11.9 Å². The molecule has 1 rings (SSSR count). The molecular formula is C12H19N3O3. The van der Waals surface area contributed by atoms with Gasteiger partial charge < -0.3 is 9.64 Å². The van der Waals surface area contributed by atoms with Crippen molar-refractivity contribution in [1.82, 2.24) is 15.1 Å². The number of hydrogen-bond acceptors (Lipinski definition) is 4. The molecule has 6 nitrogen and oxygen atoms in total. The maximum Gasteiger partial charge on any atom is 0.305 e. The van der Waals surface area contributed by atoms with Crippen molar-refractivity contribution in [2.24, 2.45) is 0 Å². The van der Waals surface area contributed by atoms with Crippen LogP contribution in [0.4, 0.5) is 0 Å². The number of aryl methyl sites for hydroxylation is 2. The lowest BCUT2D eigenvalue weighted by molar-refractivity contribution is -0.140. The van der Waals surface area contributed by atoms with Gasteiger partial charge in [-0.25, -0.2) is 0 Å². The number of methoxy groups -OCH3 is 1. The van der Waals surface area contributed by atoms with Crippen LogP contribution in [0.3, 0.4) is 0 Å². The van der Waals surface area contributed by atoms with E-state index in [-0.39, 0.29) is 11.9 Å². The van der Waals surface area contributed by atoms with Crippen molar-refractivity contribution in [3.05, 3.63) is 17.0 Å². The Hall–Kier alpha value is -1.85. The highest BCUT2D eigenvalue weighted by atomic mass is 16.5. The van der Waals surface area contributed by atoms with Gasteiger partial charge >= 0.3 is 5.97 Å². The summed E-state index contributed by atoms with van der Waals surface area (Å²) in [6.45, 7) is 4.12. The van der Waals surface area contributed by atoms with Gasteiger partial charge in [0, 0.05) is 25.7 Å². The number of amides is 1. The molecule has 1 N–H and O–H groups in total. The molecule has 0 aliphatic rings. The first-order valence-electron chi connectivity index (χ1n) is 5.81. The van der Waals surface area contributed by atoms with Crippen molar-refractivity contribution in [2.75, 3.05) is 20.7 Å². The van der Waals surface area contributed by atoms with Crippen LogP contribution in [-0.4, -0.2) is 47.7 Å². The molecule has 0 aromatic carbocycles. The van der Waals surface area contributed by atoms with Crippen LogP contribution in [0.5, 0.6) is 0 Å². The topological polar surface area (TPSA) is 75.3 Å². The highest BCUT2D eigenvalue weighted by Crippen LogP contribution is 2.12. The quantitative estimate of drug-likeness (QED) is 0.796. The van der Waals surface area contributed by atoms with Crippen LogP contribution in [0.1, 0.15) is 34.6 Å². The number of nitrogens with zero attached hydrogens (tertiary/aromatic N) is 2. The molecule has 1 heterocycles. The van der Waals surface area contributed by atoms with Gasteiger partial charge in [0.1, 0.15) is 0 Å². The molecule has 0 fully saturated rings. The fourth-order valence-electron chi connectivity index (χ4n) is 1.72. The molecular weight excluding hydrogens is 234 g/mol. The van der Waals surface area contributed by atoms with Gasteiger partial charge in [-0.15, -0.1) is 0 Å². The standard InChI is InChI=1S/C12H19N3O3/c1-8-11(9(2)14-13-8)12(17)15(3)7-5-6-10(16)18-4/h5-7H2,1-4H3,(H,13,14). The zero-order valence-electron chi connectivity index (χ0n) is 11.2. The molecule has 0 aliphatic carbocycles. The number of nitrogens with one attached hydrogen (secondary N) is 1. The zero-order valence-corrected chi connectivity index (χ0v) is 11.2. The van der Waals surface area contributed by atoms with E-state index in [0.717, 1.165) is 5.69 Å². The number of hydrogen-bond donors (Lipinski definition) is 1. The summed E-state index contributed by atoms with van der Waals surface area (Å²) in [5.41, 5.74) is 2.06. The SMILES string of the molecule is COC(=O)CCCN(C)C(=O)c1c(C)n[nH]c1C. The Labute approximate surface area is 106 Å². The van der Waals surface area contributed by atoms with Gasteiger partial charge in [-0.05, 0) is 20.3 Å². The van der Waals surface area contributed by atoms with E-state index < -0.39 is 0 Å². The molecule has 6 heteroatoms. The third kappa shape index (κ3) is 3.32. The third-order valence-corrected chi connectivity index (χ3v) is 2.79. The van der Waals surface area contributed by atoms with E-state index in [1.54, 1.807) is 18.9 Å². The van der Waals surface area contributed by atoms with Crippen molar-refractivity contribution in [3.63, 3.8) is 0 Å². The summed E-state index contributed by atoms with van der Waals surface area (Å²) in [5.74, 6) is -0.338. The molecule has 0 saturated carbocycles. The third-order valence-electron chi connectivity index (χ3n) is 2.79. The van der Waals surface area contributed by atoms with E-state index in [0.29, 0.717) is 30.6 Å². The van der Waals surface area contributed by atoms with Gasteiger partial charge in [-0.3, -0.25) is 14.7 Å². The number of carbonyl (C=O) groups excluding carboxylic acids is 2. The van der Waals surface area contributed by atoms with Crippen LogP contribution in [0, 0.1) is 13.8 Å². The Morgan fingerprint density at radius 1 is 1.39 bits per heavy atom. The Bertz CT molecular complexity index is 420. The average Bonchev–Trinajstić information content (AvgIpc) is 2.67. The molecule has 1 aromatic heterocycles. The summed E-state index contributed by atoms with van der Waals surface area (Å²) in [5, 5.41) is 6.78. The summed E-state index contributed by atoms with van der Waals surface area (Å²) >= 11 is 0. The lowest BCUT2D eigenvalue weighted by Gasteiger charge is -2.16. The van der Waals surface area contributed by atoms with Gasteiger partial charge in [0.25, 0.3) is 5.91 Å². The van der Waals surface area contributed by atoms with Crippen LogP contribution >= 0.6 is 0 Å². The number of ether oxygens (including phenoxy) is 1. The first kappa shape index (κ1) is 14.2. The molecule has 0 unspecified atom stereocenters. The van der Waals surface area contributed by atoms with Crippen LogP contribution in [0.15, 0.2) is 0 Å². The fraction of sp³-hybridized carbons (Fsp3) is 0.583. The molecule has 100 valence electrons. The largest absolute Gasteiger partial charge is 0.469 e. The number of aromatic nitrogens is 2. The van der Waals surface area contributed by atoms with Crippen molar-refractivity contribution in [3.8, 4) is 0 Å². The van der Waals surface area contributed by atoms with E-state index >= 15 is 0 Å². The summed E-state index contributed by atoms with van der Waals surface area (Å²) < 4.78 is 4.55.